The lowest BCUT2D eigenvalue weighted by Gasteiger charge is -2.07. The fraction of sp³-hybridized carbons (Fsp3) is 0.357. The van der Waals surface area contributed by atoms with Gasteiger partial charge in [-0.15, -0.1) is 0 Å². The van der Waals surface area contributed by atoms with E-state index >= 15 is 0 Å². The molecular weight excluding hydrogens is 278 g/mol. The molecule has 0 radical (unpaired) electrons. The normalized spacial score (nSPS) is 11.1. The van der Waals surface area contributed by atoms with E-state index in [2.05, 4.69) is 11.3 Å². The van der Waals surface area contributed by atoms with Crippen LogP contribution in [0.2, 0.25) is 0 Å². The molecule has 1 rings (SSSR count). The van der Waals surface area contributed by atoms with E-state index in [0.29, 0.717) is 6.42 Å². The largest absolute Gasteiger partial charge is 0.461 e. The molecule has 0 fully saturated rings. The molecule has 6 heteroatoms. The zero-order chi connectivity index (χ0) is 15.0. The van der Waals surface area contributed by atoms with Crippen molar-refractivity contribution in [2.24, 2.45) is 0 Å². The molecule has 0 aliphatic heterocycles. The molecule has 0 unspecified atom stereocenters. The summed E-state index contributed by atoms with van der Waals surface area (Å²) in [5.41, 5.74) is 0.994. The average Bonchev–Trinajstić information content (AvgIpc) is 2.42. The lowest BCUT2D eigenvalue weighted by molar-refractivity contribution is -0.142. The topological polar surface area (TPSA) is 72.5 Å². The third-order valence-corrected chi connectivity index (χ3v) is 4.02. The van der Waals surface area contributed by atoms with Crippen molar-refractivity contribution in [3.8, 4) is 0 Å². The molecule has 0 saturated carbocycles. The molecule has 0 aliphatic carbocycles. The third kappa shape index (κ3) is 5.54. The fourth-order valence-electron chi connectivity index (χ4n) is 1.46. The van der Waals surface area contributed by atoms with Crippen molar-refractivity contribution in [1.29, 1.82) is 0 Å². The van der Waals surface area contributed by atoms with Crippen LogP contribution >= 0.6 is 0 Å². The van der Waals surface area contributed by atoms with Crippen molar-refractivity contribution in [3.63, 3.8) is 0 Å². The Balaban J connectivity index is 2.39. The highest BCUT2D eigenvalue weighted by molar-refractivity contribution is 7.89. The lowest BCUT2D eigenvalue weighted by Crippen LogP contribution is -2.25. The summed E-state index contributed by atoms with van der Waals surface area (Å²) in [6.07, 6.45) is 2.04. The van der Waals surface area contributed by atoms with E-state index in [1.807, 2.05) is 6.92 Å². The first-order chi connectivity index (χ1) is 9.45. The second-order valence-electron chi connectivity index (χ2n) is 4.29. The molecule has 0 heterocycles. The van der Waals surface area contributed by atoms with Crippen LogP contribution in [0.15, 0.2) is 41.8 Å². The minimum absolute atomic E-state index is 0.171. The number of ether oxygens (including phenoxy) is 1. The summed E-state index contributed by atoms with van der Waals surface area (Å²) in [6.45, 7) is 5.69. The number of hydrogen-bond donors (Lipinski definition) is 1. The Morgan fingerprint density at radius 3 is 2.60 bits per heavy atom. The van der Waals surface area contributed by atoms with Crippen LogP contribution in [0.5, 0.6) is 0 Å². The molecule has 20 heavy (non-hydrogen) atoms. The van der Waals surface area contributed by atoms with Crippen molar-refractivity contribution in [2.75, 3.05) is 13.2 Å². The number of carbonyl (C=O) groups excluding carboxylic acids is 1. The summed E-state index contributed by atoms with van der Waals surface area (Å²) in [5, 5.41) is 0. The maximum absolute atomic E-state index is 11.9. The predicted octanol–water partition coefficient (Wildman–Crippen LogP) is 1.78. The molecule has 0 aromatic heterocycles. The fourth-order valence-corrected chi connectivity index (χ4v) is 2.54. The Hall–Kier alpha value is -1.66. The number of aryl methyl sites for hydroxylation is 1. The number of esters is 1. The van der Waals surface area contributed by atoms with E-state index in [-0.39, 0.29) is 30.4 Å². The van der Waals surface area contributed by atoms with Crippen molar-refractivity contribution >= 4 is 16.0 Å². The van der Waals surface area contributed by atoms with E-state index < -0.39 is 10.0 Å². The van der Waals surface area contributed by atoms with E-state index in [4.69, 9.17) is 4.74 Å². The summed E-state index contributed by atoms with van der Waals surface area (Å²) in [6, 6.07) is 6.58. The highest BCUT2D eigenvalue weighted by Crippen LogP contribution is 2.09. The van der Waals surface area contributed by atoms with Crippen molar-refractivity contribution < 1.29 is 17.9 Å². The molecule has 110 valence electrons. The highest BCUT2D eigenvalue weighted by Gasteiger charge is 2.13. The Labute approximate surface area is 119 Å². The van der Waals surface area contributed by atoms with Crippen LogP contribution in [0.25, 0.3) is 0 Å². The zero-order valence-corrected chi connectivity index (χ0v) is 12.3. The van der Waals surface area contributed by atoms with Crippen LogP contribution in [0.4, 0.5) is 0 Å². The van der Waals surface area contributed by atoms with Gasteiger partial charge in [-0.1, -0.05) is 30.4 Å². The molecule has 0 saturated heterocycles. The first-order valence-corrected chi connectivity index (χ1v) is 7.77. The monoisotopic (exact) mass is 297 g/mol. The lowest BCUT2D eigenvalue weighted by atomic mass is 10.2. The predicted molar refractivity (Wildman–Crippen MR) is 76.8 cm³/mol. The van der Waals surface area contributed by atoms with Crippen LogP contribution in [-0.4, -0.2) is 27.5 Å². The molecule has 0 amide bonds. The molecule has 0 aliphatic rings. The van der Waals surface area contributed by atoms with Gasteiger partial charge in [0.1, 0.15) is 6.61 Å². The quantitative estimate of drug-likeness (QED) is 0.451. The zero-order valence-electron chi connectivity index (χ0n) is 11.5. The molecule has 1 aromatic rings. The Kier molecular flexibility index (Phi) is 6.41. The Morgan fingerprint density at radius 2 is 2.00 bits per heavy atom. The SMILES string of the molecule is C=CCOC(=O)CCCNS(=O)(=O)c1ccc(C)cc1. The number of rotatable bonds is 8. The summed E-state index contributed by atoms with van der Waals surface area (Å²) >= 11 is 0. The van der Waals surface area contributed by atoms with Crippen LogP contribution in [0, 0.1) is 6.92 Å². The van der Waals surface area contributed by atoms with E-state index in [1.165, 1.54) is 6.08 Å². The van der Waals surface area contributed by atoms with Gasteiger partial charge in [0.2, 0.25) is 10.0 Å². The molecule has 0 spiro atoms. The van der Waals surface area contributed by atoms with Gasteiger partial charge in [-0.05, 0) is 25.5 Å². The minimum atomic E-state index is -3.51. The number of nitrogens with one attached hydrogen (secondary N) is 1. The van der Waals surface area contributed by atoms with Gasteiger partial charge >= 0.3 is 5.97 Å². The maximum atomic E-state index is 11.9. The molecule has 1 N–H and O–H groups in total. The van der Waals surface area contributed by atoms with Gasteiger partial charge in [0.25, 0.3) is 0 Å². The number of hydrogen-bond acceptors (Lipinski definition) is 4. The summed E-state index contributed by atoms with van der Waals surface area (Å²) in [7, 11) is -3.51. The van der Waals surface area contributed by atoms with E-state index in [9.17, 15) is 13.2 Å². The molecule has 5 nitrogen and oxygen atoms in total. The van der Waals surface area contributed by atoms with Crippen LogP contribution in [-0.2, 0) is 19.6 Å². The average molecular weight is 297 g/mol. The van der Waals surface area contributed by atoms with Gasteiger partial charge in [-0.2, -0.15) is 0 Å². The third-order valence-electron chi connectivity index (χ3n) is 2.54. The van der Waals surface area contributed by atoms with Crippen molar-refractivity contribution in [3.05, 3.63) is 42.5 Å². The molecule has 1 aromatic carbocycles. The smallest absolute Gasteiger partial charge is 0.306 e. The second-order valence-corrected chi connectivity index (χ2v) is 6.05. The number of sulfonamides is 1. The van der Waals surface area contributed by atoms with Gasteiger partial charge in [-0.25, -0.2) is 13.1 Å². The van der Waals surface area contributed by atoms with Crippen LogP contribution < -0.4 is 4.72 Å². The molecule has 0 atom stereocenters. The summed E-state index contributed by atoms with van der Waals surface area (Å²) in [4.78, 5) is 11.4. The van der Waals surface area contributed by atoms with Gasteiger partial charge in [-0.3, -0.25) is 4.79 Å². The van der Waals surface area contributed by atoms with Gasteiger partial charge in [0.15, 0.2) is 0 Å². The second kappa shape index (κ2) is 7.81. The number of carbonyl (C=O) groups is 1. The van der Waals surface area contributed by atoms with Crippen molar-refractivity contribution in [1.82, 2.24) is 4.72 Å². The Bertz CT molecular complexity index is 549. The van der Waals surface area contributed by atoms with Crippen molar-refractivity contribution in [2.45, 2.75) is 24.7 Å². The van der Waals surface area contributed by atoms with E-state index in [1.54, 1.807) is 24.3 Å². The van der Waals surface area contributed by atoms with Crippen LogP contribution in [0.3, 0.4) is 0 Å². The first-order valence-electron chi connectivity index (χ1n) is 6.28. The Morgan fingerprint density at radius 1 is 1.35 bits per heavy atom. The van der Waals surface area contributed by atoms with E-state index in [0.717, 1.165) is 5.56 Å². The molecule has 0 bridgehead atoms. The van der Waals surface area contributed by atoms with Gasteiger partial charge in [0.05, 0.1) is 4.90 Å². The highest BCUT2D eigenvalue weighted by atomic mass is 32.2. The number of benzene rings is 1. The molecular formula is C14H19NO4S. The summed E-state index contributed by atoms with van der Waals surface area (Å²) < 4.78 is 31.1. The maximum Gasteiger partial charge on any atom is 0.306 e. The van der Waals surface area contributed by atoms with Gasteiger partial charge < -0.3 is 4.74 Å². The standard InChI is InChI=1S/C14H19NO4S/c1-3-11-19-14(16)5-4-10-15-20(17,18)13-8-6-12(2)7-9-13/h3,6-9,15H,1,4-5,10-11H2,2H3. The van der Waals surface area contributed by atoms with Gasteiger partial charge in [0, 0.05) is 13.0 Å². The summed E-state index contributed by atoms with van der Waals surface area (Å²) in [5.74, 6) is -0.362. The minimum Gasteiger partial charge on any atom is -0.461 e. The first kappa shape index (κ1) is 16.4. The van der Waals surface area contributed by atoms with Crippen LogP contribution in [0.1, 0.15) is 18.4 Å².